The quantitative estimate of drug-likeness (QED) is 0.723. The standard InChI is InChI=1S/C17H22O4/c1-4-20-17(19)12-16(21-14(3)18)13(2)10-11-15-8-6-5-7-9-15/h5-11,13,16H,4,12H2,1-3H3/b11-10+/t13-,16+/m1/s1. The van der Waals surface area contributed by atoms with Crippen molar-refractivity contribution in [1.29, 1.82) is 0 Å². The maximum absolute atomic E-state index is 11.6. The number of esters is 2. The van der Waals surface area contributed by atoms with Crippen molar-refractivity contribution < 1.29 is 19.1 Å². The molecular weight excluding hydrogens is 268 g/mol. The van der Waals surface area contributed by atoms with Gasteiger partial charge in [0.2, 0.25) is 0 Å². The second-order valence-electron chi connectivity index (χ2n) is 4.79. The van der Waals surface area contributed by atoms with Gasteiger partial charge in [0, 0.05) is 12.8 Å². The average molecular weight is 290 g/mol. The smallest absolute Gasteiger partial charge is 0.309 e. The molecule has 0 aromatic heterocycles. The summed E-state index contributed by atoms with van der Waals surface area (Å²) in [6.45, 7) is 5.31. The van der Waals surface area contributed by atoms with Crippen LogP contribution in [0.4, 0.5) is 0 Å². The van der Waals surface area contributed by atoms with E-state index in [1.165, 1.54) is 6.92 Å². The molecule has 0 spiro atoms. The second kappa shape index (κ2) is 8.95. The minimum atomic E-state index is -0.512. The molecule has 0 bridgehead atoms. The van der Waals surface area contributed by atoms with Gasteiger partial charge in [0.15, 0.2) is 0 Å². The molecule has 0 fully saturated rings. The van der Waals surface area contributed by atoms with E-state index in [2.05, 4.69) is 0 Å². The third kappa shape index (κ3) is 6.75. The van der Waals surface area contributed by atoms with E-state index in [0.29, 0.717) is 6.61 Å². The number of benzene rings is 1. The molecule has 0 aliphatic heterocycles. The number of carbonyl (C=O) groups is 2. The molecule has 0 heterocycles. The van der Waals surface area contributed by atoms with E-state index in [4.69, 9.17) is 9.47 Å². The maximum Gasteiger partial charge on any atom is 0.309 e. The zero-order valence-corrected chi connectivity index (χ0v) is 12.7. The fraction of sp³-hybridized carbons (Fsp3) is 0.412. The second-order valence-corrected chi connectivity index (χ2v) is 4.79. The summed E-state index contributed by atoms with van der Waals surface area (Å²) in [5.41, 5.74) is 1.06. The number of hydrogen-bond donors (Lipinski definition) is 0. The van der Waals surface area contributed by atoms with Crippen molar-refractivity contribution in [2.24, 2.45) is 5.92 Å². The molecule has 0 saturated heterocycles. The number of rotatable bonds is 7. The lowest BCUT2D eigenvalue weighted by Crippen LogP contribution is -2.27. The SMILES string of the molecule is CCOC(=O)C[C@H](OC(C)=O)[C@H](C)/C=C/c1ccccc1. The minimum Gasteiger partial charge on any atom is -0.466 e. The van der Waals surface area contributed by atoms with Crippen LogP contribution in [-0.2, 0) is 19.1 Å². The van der Waals surface area contributed by atoms with E-state index in [0.717, 1.165) is 5.56 Å². The van der Waals surface area contributed by atoms with Gasteiger partial charge in [0.25, 0.3) is 0 Å². The molecule has 0 unspecified atom stereocenters. The Kier molecular flexibility index (Phi) is 7.23. The first-order valence-corrected chi connectivity index (χ1v) is 7.09. The van der Waals surface area contributed by atoms with Crippen molar-refractivity contribution in [3.63, 3.8) is 0 Å². The Morgan fingerprint density at radius 1 is 1.24 bits per heavy atom. The third-order valence-electron chi connectivity index (χ3n) is 2.97. The zero-order valence-electron chi connectivity index (χ0n) is 12.7. The van der Waals surface area contributed by atoms with Gasteiger partial charge in [-0.25, -0.2) is 0 Å². The monoisotopic (exact) mass is 290 g/mol. The molecule has 0 aliphatic rings. The van der Waals surface area contributed by atoms with Gasteiger partial charge in [-0.1, -0.05) is 49.4 Å². The summed E-state index contributed by atoms with van der Waals surface area (Å²) in [7, 11) is 0. The number of ether oxygens (including phenoxy) is 2. The highest BCUT2D eigenvalue weighted by Gasteiger charge is 2.22. The van der Waals surface area contributed by atoms with E-state index >= 15 is 0 Å². The molecule has 1 aromatic carbocycles. The molecule has 4 nitrogen and oxygen atoms in total. The van der Waals surface area contributed by atoms with Crippen LogP contribution >= 0.6 is 0 Å². The summed E-state index contributed by atoms with van der Waals surface area (Å²) < 4.78 is 10.1. The molecule has 1 rings (SSSR count). The molecule has 0 aliphatic carbocycles. The Morgan fingerprint density at radius 2 is 1.90 bits per heavy atom. The molecule has 1 aromatic rings. The number of hydrogen-bond acceptors (Lipinski definition) is 4. The molecule has 2 atom stereocenters. The summed E-state index contributed by atoms with van der Waals surface area (Å²) in [5, 5.41) is 0. The summed E-state index contributed by atoms with van der Waals surface area (Å²) in [6, 6.07) is 9.81. The van der Waals surface area contributed by atoms with Gasteiger partial charge in [-0.2, -0.15) is 0 Å². The van der Waals surface area contributed by atoms with Crippen LogP contribution in [0.2, 0.25) is 0 Å². The van der Waals surface area contributed by atoms with Crippen molar-refractivity contribution in [3.8, 4) is 0 Å². The fourth-order valence-electron chi connectivity index (χ4n) is 1.88. The molecule has 4 heteroatoms. The molecule has 0 saturated carbocycles. The van der Waals surface area contributed by atoms with Crippen LogP contribution < -0.4 is 0 Å². The van der Waals surface area contributed by atoms with Gasteiger partial charge in [0.05, 0.1) is 13.0 Å². The van der Waals surface area contributed by atoms with E-state index in [1.54, 1.807) is 6.92 Å². The largest absolute Gasteiger partial charge is 0.466 e. The Hall–Kier alpha value is -2.10. The van der Waals surface area contributed by atoms with Crippen LogP contribution in [-0.4, -0.2) is 24.6 Å². The molecule has 0 amide bonds. The van der Waals surface area contributed by atoms with Crippen molar-refractivity contribution in [1.82, 2.24) is 0 Å². The highest BCUT2D eigenvalue weighted by molar-refractivity contribution is 5.71. The van der Waals surface area contributed by atoms with Gasteiger partial charge in [0.1, 0.15) is 6.10 Å². The molecule has 0 N–H and O–H groups in total. The topological polar surface area (TPSA) is 52.6 Å². The Bertz CT molecular complexity index is 479. The highest BCUT2D eigenvalue weighted by Crippen LogP contribution is 2.16. The summed E-state index contributed by atoms with van der Waals surface area (Å²) in [6.07, 6.45) is 3.43. The van der Waals surface area contributed by atoms with Gasteiger partial charge in [-0.3, -0.25) is 9.59 Å². The van der Waals surface area contributed by atoms with Crippen LogP contribution in [0, 0.1) is 5.92 Å². The first-order chi connectivity index (χ1) is 10.0. The van der Waals surface area contributed by atoms with Gasteiger partial charge >= 0.3 is 11.9 Å². The van der Waals surface area contributed by atoms with Crippen molar-refractivity contribution >= 4 is 18.0 Å². The van der Waals surface area contributed by atoms with Crippen molar-refractivity contribution in [2.45, 2.75) is 33.3 Å². The van der Waals surface area contributed by atoms with Crippen LogP contribution in [0.1, 0.15) is 32.8 Å². The van der Waals surface area contributed by atoms with Crippen LogP contribution in [0.5, 0.6) is 0 Å². The van der Waals surface area contributed by atoms with Gasteiger partial charge in [-0.05, 0) is 12.5 Å². The third-order valence-corrected chi connectivity index (χ3v) is 2.97. The summed E-state index contributed by atoms with van der Waals surface area (Å²) in [5.74, 6) is -0.841. The molecule has 0 radical (unpaired) electrons. The Balaban J connectivity index is 2.70. The Morgan fingerprint density at radius 3 is 2.48 bits per heavy atom. The normalized spacial score (nSPS) is 13.7. The highest BCUT2D eigenvalue weighted by atomic mass is 16.6. The van der Waals surface area contributed by atoms with Crippen LogP contribution in [0.15, 0.2) is 36.4 Å². The molecular formula is C17H22O4. The predicted octanol–water partition coefficient (Wildman–Crippen LogP) is 3.22. The maximum atomic E-state index is 11.6. The molecule has 114 valence electrons. The first-order valence-electron chi connectivity index (χ1n) is 7.09. The fourth-order valence-corrected chi connectivity index (χ4v) is 1.88. The first kappa shape index (κ1) is 17.0. The summed E-state index contributed by atoms with van der Waals surface area (Å²) in [4.78, 5) is 22.7. The summed E-state index contributed by atoms with van der Waals surface area (Å²) >= 11 is 0. The van der Waals surface area contributed by atoms with Crippen LogP contribution in [0.3, 0.4) is 0 Å². The molecule has 21 heavy (non-hydrogen) atoms. The van der Waals surface area contributed by atoms with E-state index in [1.807, 2.05) is 49.4 Å². The lowest BCUT2D eigenvalue weighted by Gasteiger charge is -2.20. The van der Waals surface area contributed by atoms with Crippen molar-refractivity contribution in [3.05, 3.63) is 42.0 Å². The Labute approximate surface area is 125 Å². The van der Waals surface area contributed by atoms with Gasteiger partial charge in [-0.15, -0.1) is 0 Å². The average Bonchev–Trinajstić information content (AvgIpc) is 2.45. The lowest BCUT2D eigenvalue weighted by molar-refractivity contribution is -0.154. The lowest BCUT2D eigenvalue weighted by atomic mass is 10.00. The van der Waals surface area contributed by atoms with Crippen molar-refractivity contribution in [2.75, 3.05) is 6.61 Å². The zero-order chi connectivity index (χ0) is 15.7. The van der Waals surface area contributed by atoms with E-state index in [-0.39, 0.29) is 18.3 Å². The van der Waals surface area contributed by atoms with E-state index < -0.39 is 12.1 Å². The van der Waals surface area contributed by atoms with Crippen LogP contribution in [0.25, 0.3) is 6.08 Å². The number of carbonyl (C=O) groups excluding carboxylic acids is 2. The minimum absolute atomic E-state index is 0.0632. The van der Waals surface area contributed by atoms with E-state index in [9.17, 15) is 9.59 Å². The van der Waals surface area contributed by atoms with Gasteiger partial charge < -0.3 is 9.47 Å². The predicted molar refractivity (Wildman–Crippen MR) is 81.4 cm³/mol.